The molecule has 0 N–H and O–H groups in total. The normalized spacial score (nSPS) is 25.6. The molecule has 0 aromatic carbocycles. The van der Waals surface area contributed by atoms with E-state index in [1.165, 1.54) is 0 Å². The molecule has 86 valence electrons. The molecule has 0 bridgehead atoms. The Bertz CT molecular complexity index is 246. The molecule has 0 aromatic rings. The molecule has 0 spiro atoms. The monoisotopic (exact) mass is 222 g/mol. The smallest absolute Gasteiger partial charge is 0.308 e. The topological polar surface area (TPSA) is 114 Å². The van der Waals surface area contributed by atoms with Gasteiger partial charge in [-0.15, -0.1) is 25.2 Å². The van der Waals surface area contributed by atoms with E-state index in [-0.39, 0.29) is 0 Å². The summed E-state index contributed by atoms with van der Waals surface area (Å²) < 4.78 is 0. The van der Waals surface area contributed by atoms with E-state index in [1.807, 2.05) is 0 Å². The molecule has 1 aliphatic carbocycles. The van der Waals surface area contributed by atoms with Crippen molar-refractivity contribution in [3.63, 3.8) is 0 Å². The molecule has 0 radical (unpaired) electrons. The molecule has 15 heavy (non-hydrogen) atoms. The maximum atomic E-state index is 10.1. The van der Waals surface area contributed by atoms with Gasteiger partial charge in [-0.05, 0) is 12.8 Å². The molecule has 0 heterocycles. The molecule has 0 aromatic heterocycles. The summed E-state index contributed by atoms with van der Waals surface area (Å²) in [5.74, 6) is 0. The van der Waals surface area contributed by atoms with Crippen molar-refractivity contribution in [2.45, 2.75) is 37.9 Å². The van der Waals surface area contributed by atoms with Gasteiger partial charge < -0.3 is 4.84 Å². The van der Waals surface area contributed by atoms with Crippen molar-refractivity contribution in [1.82, 2.24) is 0 Å². The van der Waals surface area contributed by atoms with Gasteiger partial charge in [-0.2, -0.15) is 4.89 Å². The van der Waals surface area contributed by atoms with Gasteiger partial charge >= 0.3 is 5.09 Å². The Labute approximate surface area is 84.0 Å². The highest BCUT2D eigenvalue weighted by atomic mass is 17.3. The fourth-order valence-electron chi connectivity index (χ4n) is 1.49. The second kappa shape index (κ2) is 5.29. The minimum Gasteiger partial charge on any atom is -0.308 e. The molecular formula is C6H10N2O7. The second-order valence-electron chi connectivity index (χ2n) is 3.08. The molecule has 0 saturated heterocycles. The molecule has 1 saturated carbocycles. The van der Waals surface area contributed by atoms with Crippen LogP contribution in [0.25, 0.3) is 0 Å². The van der Waals surface area contributed by atoms with Gasteiger partial charge in [0.15, 0.2) is 0 Å². The van der Waals surface area contributed by atoms with Crippen LogP contribution in [0.15, 0.2) is 0 Å². The van der Waals surface area contributed by atoms with E-state index in [1.54, 1.807) is 0 Å². The van der Waals surface area contributed by atoms with Crippen LogP contribution in [0.3, 0.4) is 0 Å². The van der Waals surface area contributed by atoms with Crippen LogP contribution in [-0.2, 0) is 14.7 Å². The Morgan fingerprint density at radius 1 is 1.00 bits per heavy atom. The standard InChI is InChI=1S/C6H10N2O7/c9-7(10)13-5-3-1-2-4-6(5)14-15-8(11)12/h5-6H,1-4H2. The van der Waals surface area contributed by atoms with Crippen molar-refractivity contribution in [2.75, 3.05) is 0 Å². The molecular weight excluding hydrogens is 212 g/mol. The Morgan fingerprint density at radius 3 is 2.13 bits per heavy atom. The lowest BCUT2D eigenvalue weighted by atomic mass is 9.95. The highest BCUT2D eigenvalue weighted by Gasteiger charge is 2.30. The van der Waals surface area contributed by atoms with Crippen molar-refractivity contribution < 1.29 is 24.9 Å². The van der Waals surface area contributed by atoms with E-state index in [9.17, 15) is 20.2 Å². The Morgan fingerprint density at radius 2 is 1.60 bits per heavy atom. The Kier molecular flexibility index (Phi) is 4.03. The summed E-state index contributed by atoms with van der Waals surface area (Å²) in [4.78, 5) is 32.4. The summed E-state index contributed by atoms with van der Waals surface area (Å²) in [5.41, 5.74) is 0. The summed E-state index contributed by atoms with van der Waals surface area (Å²) in [6.45, 7) is 0. The van der Waals surface area contributed by atoms with Crippen LogP contribution in [0.4, 0.5) is 0 Å². The summed E-state index contributed by atoms with van der Waals surface area (Å²) in [7, 11) is 0. The fraction of sp³-hybridized carbons (Fsp3) is 1.00. The van der Waals surface area contributed by atoms with Crippen LogP contribution in [-0.4, -0.2) is 22.4 Å². The third kappa shape index (κ3) is 3.94. The highest BCUT2D eigenvalue weighted by molar-refractivity contribution is 4.74. The van der Waals surface area contributed by atoms with Gasteiger partial charge in [-0.1, -0.05) is 12.8 Å². The zero-order chi connectivity index (χ0) is 11.3. The summed E-state index contributed by atoms with van der Waals surface area (Å²) >= 11 is 0. The van der Waals surface area contributed by atoms with Gasteiger partial charge in [-0.25, -0.2) is 0 Å². The molecule has 9 heteroatoms. The molecule has 0 amide bonds. The van der Waals surface area contributed by atoms with Crippen LogP contribution < -0.4 is 0 Å². The molecule has 1 aliphatic rings. The average molecular weight is 222 g/mol. The first kappa shape index (κ1) is 11.4. The van der Waals surface area contributed by atoms with E-state index in [0.717, 1.165) is 12.8 Å². The Hall–Kier alpha value is -1.64. The summed E-state index contributed by atoms with van der Waals surface area (Å²) in [6.07, 6.45) is 0.822. The molecule has 2 unspecified atom stereocenters. The van der Waals surface area contributed by atoms with Crippen molar-refractivity contribution >= 4 is 0 Å². The highest BCUT2D eigenvalue weighted by Crippen LogP contribution is 2.24. The SMILES string of the molecule is O=[N+]([O-])OOC1CCCCC1O[N+](=O)[O-]. The van der Waals surface area contributed by atoms with Gasteiger partial charge in [0.1, 0.15) is 12.2 Å². The third-order valence-corrected chi connectivity index (χ3v) is 2.09. The number of rotatable bonds is 5. The van der Waals surface area contributed by atoms with Crippen molar-refractivity contribution in [3.8, 4) is 0 Å². The summed E-state index contributed by atoms with van der Waals surface area (Å²) in [6, 6.07) is 0. The average Bonchev–Trinajstić information content (AvgIpc) is 2.15. The minimum absolute atomic E-state index is 0.423. The lowest BCUT2D eigenvalue weighted by Gasteiger charge is -2.27. The second-order valence-corrected chi connectivity index (χ2v) is 3.08. The molecule has 1 rings (SSSR count). The zero-order valence-corrected chi connectivity index (χ0v) is 7.74. The predicted octanol–water partition coefficient (Wildman–Crippen LogP) is 0.646. The van der Waals surface area contributed by atoms with Gasteiger partial charge in [0.2, 0.25) is 0 Å². The first-order valence-electron chi connectivity index (χ1n) is 4.38. The zero-order valence-electron chi connectivity index (χ0n) is 7.74. The number of hydrogen-bond acceptors (Lipinski definition) is 7. The summed E-state index contributed by atoms with van der Waals surface area (Å²) in [5, 5.41) is 17.9. The lowest BCUT2D eigenvalue weighted by molar-refractivity contribution is -0.859. The fourth-order valence-corrected chi connectivity index (χ4v) is 1.49. The van der Waals surface area contributed by atoms with E-state index >= 15 is 0 Å². The van der Waals surface area contributed by atoms with Crippen LogP contribution in [0.5, 0.6) is 0 Å². The predicted molar refractivity (Wildman–Crippen MR) is 43.3 cm³/mol. The maximum absolute atomic E-state index is 10.1. The first-order chi connectivity index (χ1) is 7.09. The molecule has 0 aliphatic heterocycles. The number of hydrogen-bond donors (Lipinski definition) is 0. The Balaban J connectivity index is 2.42. The van der Waals surface area contributed by atoms with Gasteiger partial charge in [-0.3, -0.25) is 0 Å². The van der Waals surface area contributed by atoms with E-state index in [4.69, 9.17) is 0 Å². The van der Waals surface area contributed by atoms with Crippen LogP contribution in [0, 0.1) is 20.2 Å². The van der Waals surface area contributed by atoms with Crippen molar-refractivity contribution in [2.24, 2.45) is 0 Å². The quantitative estimate of drug-likeness (QED) is 0.381. The molecule has 2 atom stereocenters. The van der Waals surface area contributed by atoms with E-state index in [0.29, 0.717) is 12.8 Å². The largest absolute Gasteiger partial charge is 0.322 e. The third-order valence-electron chi connectivity index (χ3n) is 2.09. The maximum Gasteiger partial charge on any atom is 0.322 e. The molecule has 9 nitrogen and oxygen atoms in total. The number of nitrogens with zero attached hydrogens (tertiary/aromatic N) is 2. The van der Waals surface area contributed by atoms with E-state index < -0.39 is 22.4 Å². The van der Waals surface area contributed by atoms with Crippen LogP contribution in [0.2, 0.25) is 0 Å². The lowest BCUT2D eigenvalue weighted by Crippen LogP contribution is -2.36. The van der Waals surface area contributed by atoms with E-state index in [2.05, 4.69) is 14.7 Å². The van der Waals surface area contributed by atoms with Crippen molar-refractivity contribution in [3.05, 3.63) is 20.2 Å². The van der Waals surface area contributed by atoms with Gasteiger partial charge in [0.25, 0.3) is 5.09 Å². The van der Waals surface area contributed by atoms with Gasteiger partial charge in [0, 0.05) is 0 Å². The molecule has 1 fully saturated rings. The van der Waals surface area contributed by atoms with Crippen molar-refractivity contribution in [1.29, 1.82) is 0 Å². The van der Waals surface area contributed by atoms with Crippen LogP contribution in [0.1, 0.15) is 25.7 Å². The van der Waals surface area contributed by atoms with Gasteiger partial charge in [0.05, 0.1) is 0 Å². The van der Waals surface area contributed by atoms with Crippen LogP contribution >= 0.6 is 0 Å². The first-order valence-corrected chi connectivity index (χ1v) is 4.38. The minimum atomic E-state index is -1.11.